The van der Waals surface area contributed by atoms with Crippen molar-refractivity contribution >= 4 is 40.4 Å². The van der Waals surface area contributed by atoms with Gasteiger partial charge < -0.3 is 9.72 Å². The zero-order valence-corrected chi connectivity index (χ0v) is 13.8. The highest BCUT2D eigenvalue weighted by atomic mass is 35.5. The van der Waals surface area contributed by atoms with Gasteiger partial charge in [-0.25, -0.2) is 19.7 Å². The van der Waals surface area contributed by atoms with E-state index in [0.717, 1.165) is 16.2 Å². The summed E-state index contributed by atoms with van der Waals surface area (Å²) >= 11 is 7.49. The quantitative estimate of drug-likeness (QED) is 0.432. The molecule has 8 heteroatoms. The van der Waals surface area contributed by atoms with Crippen LogP contribution in [-0.2, 0) is 10.5 Å². The fraction of sp³-hybridized carbons (Fsp3) is 0.200. The predicted octanol–water partition coefficient (Wildman–Crippen LogP) is 3.48. The number of nitrogens with one attached hydrogen (secondary N) is 1. The summed E-state index contributed by atoms with van der Waals surface area (Å²) in [5.74, 6) is 0.491. The van der Waals surface area contributed by atoms with E-state index in [9.17, 15) is 4.79 Å². The van der Waals surface area contributed by atoms with Crippen molar-refractivity contribution in [1.29, 1.82) is 0 Å². The summed E-state index contributed by atoms with van der Waals surface area (Å²) in [7, 11) is 0. The lowest BCUT2D eigenvalue weighted by Gasteiger charge is -2.04. The molecule has 2 aromatic heterocycles. The van der Waals surface area contributed by atoms with Crippen LogP contribution in [0.5, 0.6) is 0 Å². The standard InChI is InChI=1S/C15H13ClN4O2S/c1-2-22-14(21)9-7-17-12(20-13(9)16)8-23-15-18-10-5-3-4-6-11(10)19-15/h3-7H,2,8H2,1H3,(H,18,19). The Bertz CT molecular complexity index is 819. The Morgan fingerprint density at radius 3 is 2.91 bits per heavy atom. The number of para-hydroxylation sites is 2. The molecule has 0 aliphatic carbocycles. The van der Waals surface area contributed by atoms with Gasteiger partial charge in [0.2, 0.25) is 0 Å². The van der Waals surface area contributed by atoms with Gasteiger partial charge >= 0.3 is 5.97 Å². The first-order valence-electron chi connectivity index (χ1n) is 6.93. The lowest BCUT2D eigenvalue weighted by Crippen LogP contribution is -2.08. The molecular formula is C15H13ClN4O2S. The van der Waals surface area contributed by atoms with Gasteiger partial charge in [0.05, 0.1) is 23.4 Å². The van der Waals surface area contributed by atoms with Crippen molar-refractivity contribution in [2.45, 2.75) is 17.8 Å². The lowest BCUT2D eigenvalue weighted by molar-refractivity contribution is 0.0525. The van der Waals surface area contributed by atoms with Crippen LogP contribution >= 0.6 is 23.4 Å². The van der Waals surface area contributed by atoms with Gasteiger partial charge in [0.15, 0.2) is 5.16 Å². The Morgan fingerprint density at radius 2 is 2.17 bits per heavy atom. The van der Waals surface area contributed by atoms with E-state index < -0.39 is 5.97 Å². The van der Waals surface area contributed by atoms with Crippen LogP contribution in [0.4, 0.5) is 0 Å². The van der Waals surface area contributed by atoms with Gasteiger partial charge in [0, 0.05) is 6.20 Å². The molecule has 1 N–H and O–H groups in total. The number of aromatic amines is 1. The third-order valence-electron chi connectivity index (χ3n) is 2.99. The molecule has 0 saturated heterocycles. The van der Waals surface area contributed by atoms with Crippen molar-refractivity contribution in [3.8, 4) is 0 Å². The molecule has 0 spiro atoms. The number of halogens is 1. The number of esters is 1. The van der Waals surface area contributed by atoms with Gasteiger partial charge in [-0.1, -0.05) is 35.5 Å². The number of carbonyl (C=O) groups is 1. The van der Waals surface area contributed by atoms with Gasteiger partial charge in [0.1, 0.15) is 16.5 Å². The van der Waals surface area contributed by atoms with Crippen LogP contribution in [-0.4, -0.2) is 32.5 Å². The first-order valence-corrected chi connectivity index (χ1v) is 8.30. The highest BCUT2D eigenvalue weighted by Gasteiger charge is 2.14. The maximum Gasteiger partial charge on any atom is 0.342 e. The van der Waals surface area contributed by atoms with Gasteiger partial charge in [-0.15, -0.1) is 0 Å². The fourth-order valence-electron chi connectivity index (χ4n) is 1.94. The molecule has 0 amide bonds. The highest BCUT2D eigenvalue weighted by molar-refractivity contribution is 7.98. The Balaban J connectivity index is 1.70. The number of aromatic nitrogens is 4. The van der Waals surface area contributed by atoms with Gasteiger partial charge in [-0.2, -0.15) is 0 Å². The van der Waals surface area contributed by atoms with Crippen molar-refractivity contribution < 1.29 is 9.53 Å². The van der Waals surface area contributed by atoms with E-state index in [1.165, 1.54) is 18.0 Å². The first-order chi connectivity index (χ1) is 11.2. The van der Waals surface area contributed by atoms with Crippen molar-refractivity contribution in [1.82, 2.24) is 19.9 Å². The van der Waals surface area contributed by atoms with E-state index in [1.54, 1.807) is 6.92 Å². The van der Waals surface area contributed by atoms with Crippen molar-refractivity contribution in [3.05, 3.63) is 47.0 Å². The number of hydrogen-bond acceptors (Lipinski definition) is 6. The topological polar surface area (TPSA) is 80.8 Å². The number of hydrogen-bond donors (Lipinski definition) is 1. The van der Waals surface area contributed by atoms with Crippen LogP contribution in [0.1, 0.15) is 23.1 Å². The number of fused-ring (bicyclic) bond motifs is 1. The zero-order chi connectivity index (χ0) is 16.2. The molecule has 6 nitrogen and oxygen atoms in total. The normalized spacial score (nSPS) is 10.9. The second-order valence-electron chi connectivity index (χ2n) is 4.56. The van der Waals surface area contributed by atoms with Crippen molar-refractivity contribution in [2.75, 3.05) is 6.61 Å². The summed E-state index contributed by atoms with van der Waals surface area (Å²) in [5, 5.41) is 0.874. The Labute approximate surface area is 141 Å². The molecule has 118 valence electrons. The second kappa shape index (κ2) is 6.97. The number of rotatable bonds is 5. The molecule has 0 radical (unpaired) electrons. The van der Waals surface area contributed by atoms with E-state index in [0.29, 0.717) is 11.6 Å². The molecule has 3 aromatic rings. The minimum absolute atomic E-state index is 0.0960. The van der Waals surface area contributed by atoms with Crippen LogP contribution in [0.2, 0.25) is 5.15 Å². The van der Waals surface area contributed by atoms with Crippen molar-refractivity contribution in [2.24, 2.45) is 0 Å². The van der Waals surface area contributed by atoms with E-state index in [1.807, 2.05) is 24.3 Å². The molecule has 0 atom stereocenters. The van der Waals surface area contributed by atoms with Crippen LogP contribution in [0, 0.1) is 0 Å². The van der Waals surface area contributed by atoms with Crippen LogP contribution in [0.3, 0.4) is 0 Å². The summed E-state index contributed by atoms with van der Waals surface area (Å²) in [5.41, 5.74) is 2.06. The molecule has 0 aliphatic rings. The predicted molar refractivity (Wildman–Crippen MR) is 88.7 cm³/mol. The van der Waals surface area contributed by atoms with Crippen LogP contribution in [0.25, 0.3) is 11.0 Å². The van der Waals surface area contributed by atoms with Crippen LogP contribution in [0.15, 0.2) is 35.6 Å². The molecule has 0 bridgehead atoms. The molecule has 2 heterocycles. The average Bonchev–Trinajstić information content (AvgIpc) is 2.96. The summed E-state index contributed by atoms with van der Waals surface area (Å²) in [6.07, 6.45) is 1.39. The Kier molecular flexibility index (Phi) is 4.78. The smallest absolute Gasteiger partial charge is 0.342 e. The number of ether oxygens (including phenoxy) is 1. The summed E-state index contributed by atoms with van der Waals surface area (Å²) in [4.78, 5) is 27.6. The molecule has 0 aliphatic heterocycles. The second-order valence-corrected chi connectivity index (χ2v) is 5.88. The minimum Gasteiger partial charge on any atom is -0.462 e. The van der Waals surface area contributed by atoms with Gasteiger partial charge in [-0.3, -0.25) is 0 Å². The number of imidazole rings is 1. The van der Waals surface area contributed by atoms with Crippen molar-refractivity contribution in [3.63, 3.8) is 0 Å². The van der Waals surface area contributed by atoms with E-state index in [2.05, 4.69) is 19.9 Å². The van der Waals surface area contributed by atoms with Crippen LogP contribution < -0.4 is 0 Å². The van der Waals surface area contributed by atoms with E-state index in [4.69, 9.17) is 16.3 Å². The fourth-order valence-corrected chi connectivity index (χ4v) is 2.91. The molecular weight excluding hydrogens is 336 g/mol. The van der Waals surface area contributed by atoms with Gasteiger partial charge in [-0.05, 0) is 19.1 Å². The Morgan fingerprint density at radius 1 is 1.35 bits per heavy atom. The summed E-state index contributed by atoms with van der Waals surface area (Å²) in [6.45, 7) is 2.00. The third kappa shape index (κ3) is 3.62. The summed E-state index contributed by atoms with van der Waals surface area (Å²) in [6, 6.07) is 7.80. The number of thioether (sulfide) groups is 1. The monoisotopic (exact) mass is 348 g/mol. The minimum atomic E-state index is -0.519. The zero-order valence-electron chi connectivity index (χ0n) is 12.2. The first kappa shape index (κ1) is 15.8. The number of nitrogens with zero attached hydrogens (tertiary/aromatic N) is 3. The maximum atomic E-state index is 11.6. The number of H-pyrrole nitrogens is 1. The molecule has 0 fully saturated rings. The molecule has 3 rings (SSSR count). The summed E-state index contributed by atoms with van der Waals surface area (Å²) < 4.78 is 4.89. The SMILES string of the molecule is CCOC(=O)c1cnc(CSc2nc3ccccc3[nH]2)nc1Cl. The Hall–Kier alpha value is -2.12. The molecule has 0 unspecified atom stereocenters. The lowest BCUT2D eigenvalue weighted by atomic mass is 10.3. The maximum absolute atomic E-state index is 11.6. The third-order valence-corrected chi connectivity index (χ3v) is 4.15. The number of benzene rings is 1. The molecule has 23 heavy (non-hydrogen) atoms. The largest absolute Gasteiger partial charge is 0.462 e. The van der Waals surface area contributed by atoms with E-state index in [-0.39, 0.29) is 17.3 Å². The van der Waals surface area contributed by atoms with Gasteiger partial charge in [0.25, 0.3) is 0 Å². The highest BCUT2D eigenvalue weighted by Crippen LogP contribution is 2.23. The molecule has 0 saturated carbocycles. The average molecular weight is 349 g/mol. The van der Waals surface area contributed by atoms with E-state index >= 15 is 0 Å². The number of carbonyl (C=O) groups excluding carboxylic acids is 1. The molecule has 1 aromatic carbocycles.